The van der Waals surface area contributed by atoms with Crippen molar-refractivity contribution in [2.24, 2.45) is 5.73 Å². The molecule has 11 heavy (non-hydrogen) atoms. The van der Waals surface area contributed by atoms with Crippen molar-refractivity contribution in [3.05, 3.63) is 0 Å². The van der Waals surface area contributed by atoms with Crippen LogP contribution in [0.5, 0.6) is 0 Å². The molecule has 0 atom stereocenters. The Labute approximate surface area is 91.4 Å². The van der Waals surface area contributed by atoms with E-state index in [9.17, 15) is 0 Å². The second kappa shape index (κ2) is 13.5. The molecule has 0 aromatic heterocycles. The predicted molar refractivity (Wildman–Crippen MR) is 60.1 cm³/mol. The van der Waals surface area contributed by atoms with Gasteiger partial charge in [-0.3, -0.25) is 0 Å². The fraction of sp³-hybridized carbons (Fsp3) is 0.857. The summed E-state index contributed by atoms with van der Waals surface area (Å²) < 4.78 is 3.23. The van der Waals surface area contributed by atoms with Crippen molar-refractivity contribution in [1.82, 2.24) is 0 Å². The molecule has 0 unspecified atom stereocenters. The van der Waals surface area contributed by atoms with Crippen LogP contribution in [0.15, 0.2) is 0 Å². The maximum Gasteiger partial charge on any atom is -0.0708 e. The van der Waals surface area contributed by atoms with Gasteiger partial charge >= 0.3 is 57.0 Å². The van der Waals surface area contributed by atoms with Gasteiger partial charge in [0.1, 0.15) is 0 Å². The first-order chi connectivity index (χ1) is 5.15. The molecule has 4 heteroatoms. The van der Waals surface area contributed by atoms with Crippen LogP contribution in [0.2, 0.25) is 8.73 Å². The average molecular weight is 300 g/mol. The van der Waals surface area contributed by atoms with Crippen molar-refractivity contribution in [2.45, 2.75) is 35.4 Å². The minimum absolute atomic E-state index is 0.0833. The van der Waals surface area contributed by atoms with E-state index in [1.807, 2.05) is 0 Å². The third-order valence-electron chi connectivity index (χ3n) is 0.763. The molecular formula is C7H16NS2Sb. The zero-order valence-electron chi connectivity index (χ0n) is 7.17. The molecule has 66 valence electrons. The summed E-state index contributed by atoms with van der Waals surface area (Å²) in [5.74, 6) is 0. The molecular weight excluding hydrogens is 284 g/mol. The fourth-order valence-corrected chi connectivity index (χ4v) is 2.87. The minimum Gasteiger partial charge on any atom is -0.415 e. The van der Waals surface area contributed by atoms with Crippen LogP contribution in [0.25, 0.3) is 0 Å². The molecule has 1 nitrogen and oxygen atoms in total. The molecule has 0 aliphatic heterocycles. The number of nitrogens with two attached hydrogens (primary N) is 1. The van der Waals surface area contributed by atoms with Gasteiger partial charge in [-0.1, -0.05) is 4.32 Å². The van der Waals surface area contributed by atoms with Gasteiger partial charge in [-0.15, -0.1) is 0 Å². The molecule has 2 N–H and O–H groups in total. The molecule has 0 bridgehead atoms. The van der Waals surface area contributed by atoms with Gasteiger partial charge in [0.2, 0.25) is 0 Å². The summed E-state index contributed by atoms with van der Waals surface area (Å²) in [5, 5.41) is 0. The number of hydrogen-bond acceptors (Lipinski definition) is 2. The van der Waals surface area contributed by atoms with Gasteiger partial charge in [0, 0.05) is 0 Å². The molecule has 0 saturated heterocycles. The Morgan fingerprint density at radius 1 is 1.36 bits per heavy atom. The van der Waals surface area contributed by atoms with Gasteiger partial charge in [0.15, 0.2) is 0 Å². The van der Waals surface area contributed by atoms with E-state index in [2.05, 4.69) is 44.4 Å². The molecule has 0 aliphatic carbocycles. The predicted octanol–water partition coefficient (Wildman–Crippen LogP) is 2.12. The third-order valence-corrected chi connectivity index (χ3v) is 5.12. The largest absolute Gasteiger partial charge is 0.415 e. The van der Waals surface area contributed by atoms with Crippen molar-refractivity contribution >= 4 is 50.8 Å². The van der Waals surface area contributed by atoms with E-state index in [0.717, 1.165) is 0 Å². The van der Waals surface area contributed by atoms with Crippen molar-refractivity contribution < 1.29 is 0 Å². The maximum absolute atomic E-state index is 4.66. The summed E-state index contributed by atoms with van der Waals surface area (Å²) >= 11 is 8.59. The number of hydrogen-bond donors (Lipinski definition) is 1. The zero-order valence-corrected chi connectivity index (χ0v) is 11.4. The van der Waals surface area contributed by atoms with Crippen molar-refractivity contribution in [3.63, 3.8) is 0 Å². The van der Waals surface area contributed by atoms with Gasteiger partial charge in [0.25, 0.3) is 0 Å². The normalized spacial score (nSPS) is 8.18. The smallest absolute Gasteiger partial charge is 0.0708 e. The Kier molecular flexibility index (Phi) is 17.8. The second-order valence-corrected chi connectivity index (χ2v) is 6.96. The van der Waals surface area contributed by atoms with E-state index in [1.165, 1.54) is 12.8 Å². The molecule has 0 heterocycles. The van der Waals surface area contributed by atoms with E-state index in [0.29, 0.717) is 21.6 Å². The first kappa shape index (κ1) is 14.5. The quantitative estimate of drug-likeness (QED) is 0.373. The maximum atomic E-state index is 4.66. The molecule has 0 spiro atoms. The molecule has 0 aliphatic rings. The van der Waals surface area contributed by atoms with Gasteiger partial charge in [-0.2, -0.15) is 0 Å². The van der Waals surface area contributed by atoms with Crippen LogP contribution in [0.3, 0.4) is 0 Å². The van der Waals surface area contributed by atoms with Crippen LogP contribution in [0.1, 0.15) is 26.7 Å². The molecule has 0 fully saturated rings. The van der Waals surface area contributed by atoms with Crippen molar-refractivity contribution in [3.8, 4) is 0 Å². The van der Waals surface area contributed by atoms with Gasteiger partial charge in [-0.25, -0.2) is 0 Å². The number of rotatable bonds is 4. The Bertz CT molecular complexity index is 80.5. The standard InChI is InChI=1S/2C3H7.CH3NS2.Sb/c2*1-3-2;2-1(3)4;/h2*1,3H2,2H3;(H3,2,3,4);/q;;;+1/p-1. The third kappa shape index (κ3) is 35.9. The Morgan fingerprint density at radius 2 is 1.64 bits per heavy atom. The van der Waals surface area contributed by atoms with E-state index < -0.39 is 0 Å². The second-order valence-electron chi connectivity index (χ2n) is 1.99. The first-order valence-electron chi connectivity index (χ1n) is 3.74. The summed E-state index contributed by atoms with van der Waals surface area (Å²) in [6, 6.07) is 0. The average Bonchev–Trinajstić information content (AvgIpc) is 1.88. The Hall–Kier alpha value is 0.928. The summed E-state index contributed by atoms with van der Waals surface area (Å²) in [4.78, 5) is 0. The Morgan fingerprint density at radius 3 is 1.82 bits per heavy atom. The molecule has 0 aromatic rings. The van der Waals surface area contributed by atoms with Crippen LogP contribution in [0.4, 0.5) is 0 Å². The van der Waals surface area contributed by atoms with Crippen LogP contribution in [-0.2, 0) is 12.6 Å². The van der Waals surface area contributed by atoms with Crippen LogP contribution >= 0.6 is 12.2 Å². The number of thiocarbonyl (C=S) groups is 1. The van der Waals surface area contributed by atoms with Crippen molar-refractivity contribution in [1.29, 1.82) is 0 Å². The van der Waals surface area contributed by atoms with E-state index in [4.69, 9.17) is 0 Å². The summed E-state index contributed by atoms with van der Waals surface area (Å²) in [5.41, 5.74) is 4.66. The van der Waals surface area contributed by atoms with E-state index in [1.54, 1.807) is 8.73 Å². The summed E-state index contributed by atoms with van der Waals surface area (Å²) in [6.45, 7) is 4.57. The van der Waals surface area contributed by atoms with Gasteiger partial charge in [-0.05, 0) is 0 Å². The molecule has 0 rings (SSSR count). The molecule has 0 amide bonds. The summed E-state index contributed by atoms with van der Waals surface area (Å²) in [6.07, 6.45) is 2.86. The SMILES string of the molecule is CC[CH2][Sb+][CH2]CC.NC(=S)[S-]. The zero-order chi connectivity index (χ0) is 9.11. The summed E-state index contributed by atoms with van der Waals surface area (Å²) in [7, 11) is 0. The van der Waals surface area contributed by atoms with Gasteiger partial charge < -0.3 is 30.6 Å². The minimum atomic E-state index is 0.0833. The van der Waals surface area contributed by atoms with E-state index >= 15 is 0 Å². The van der Waals surface area contributed by atoms with Crippen molar-refractivity contribution in [2.75, 3.05) is 0 Å². The molecule has 0 saturated carbocycles. The molecule has 2 radical (unpaired) electrons. The van der Waals surface area contributed by atoms with Crippen LogP contribution < -0.4 is 5.73 Å². The van der Waals surface area contributed by atoms with E-state index in [-0.39, 0.29) is 4.32 Å². The van der Waals surface area contributed by atoms with Crippen LogP contribution in [0, 0.1) is 0 Å². The fourth-order valence-electron chi connectivity index (χ4n) is 0.428. The van der Waals surface area contributed by atoms with Crippen LogP contribution in [-0.4, -0.2) is 25.9 Å². The van der Waals surface area contributed by atoms with Gasteiger partial charge in [0.05, 0.1) is 0 Å². The topological polar surface area (TPSA) is 26.0 Å². The first-order valence-corrected chi connectivity index (χ1v) is 8.17. The molecule has 0 aromatic carbocycles. The monoisotopic (exact) mass is 299 g/mol. The Balaban J connectivity index is 0.